The number of carbonyl (C=O) groups excluding carboxylic acids is 1. The Bertz CT molecular complexity index is 1160. The van der Waals surface area contributed by atoms with Crippen molar-refractivity contribution in [2.75, 3.05) is 25.0 Å². The molecule has 0 unspecified atom stereocenters. The number of thiophene rings is 1. The smallest absolute Gasteiger partial charge is 0.449 e. The first kappa shape index (κ1) is 23.6. The highest BCUT2D eigenvalue weighted by atomic mass is 35.5. The van der Waals surface area contributed by atoms with E-state index in [1.165, 1.54) is 17.4 Å². The van der Waals surface area contributed by atoms with E-state index < -0.39 is 6.16 Å². The third-order valence-corrected chi connectivity index (χ3v) is 7.21. The largest absolute Gasteiger partial charge is 0.512 e. The fourth-order valence-corrected chi connectivity index (χ4v) is 5.44. The number of carboxylic acid groups (broad SMARTS) is 1. The average Bonchev–Trinajstić information content (AvgIpc) is 3.18. The van der Waals surface area contributed by atoms with Crippen LogP contribution in [0.4, 0.5) is 10.5 Å². The molecule has 4 rings (SSSR count). The number of amides is 1. The molecule has 1 aliphatic heterocycles. The predicted molar refractivity (Wildman–Crippen MR) is 132 cm³/mol. The quantitative estimate of drug-likeness (QED) is 0.400. The van der Waals surface area contributed by atoms with E-state index in [2.05, 4.69) is 4.90 Å². The molecular weight excluding hydrogens is 483 g/mol. The Labute approximate surface area is 205 Å². The molecule has 0 spiro atoms. The number of hydrogen-bond donors (Lipinski definition) is 1. The number of rotatable bonds is 5. The third-order valence-electron chi connectivity index (χ3n) is 5.61. The number of halogens is 2. The van der Waals surface area contributed by atoms with Gasteiger partial charge in [0.25, 0.3) is 5.91 Å². The van der Waals surface area contributed by atoms with Crippen molar-refractivity contribution in [3.8, 4) is 15.5 Å². The Morgan fingerprint density at radius 3 is 2.42 bits per heavy atom. The minimum absolute atomic E-state index is 0.144. The van der Waals surface area contributed by atoms with Crippen LogP contribution in [0.2, 0.25) is 10.0 Å². The molecule has 0 aliphatic carbocycles. The molecular formula is C24H22Cl2N2O4S. The molecule has 0 atom stereocenters. The summed E-state index contributed by atoms with van der Waals surface area (Å²) in [5.74, 6) is -0.320. The molecule has 1 N–H and O–H groups in total. The Hall–Kier alpha value is -2.58. The first-order chi connectivity index (χ1) is 15.8. The molecule has 1 saturated heterocycles. The number of likely N-dealkylation sites (tertiary alicyclic amines) is 1. The van der Waals surface area contributed by atoms with Gasteiger partial charge in [-0.2, -0.15) is 0 Å². The lowest BCUT2D eigenvalue weighted by molar-refractivity contribution is 0.0961. The van der Waals surface area contributed by atoms with Crippen molar-refractivity contribution in [2.24, 2.45) is 0 Å². The van der Waals surface area contributed by atoms with Crippen LogP contribution in [0.25, 0.3) is 10.4 Å². The number of piperidine rings is 1. The first-order valence-corrected chi connectivity index (χ1v) is 12.0. The van der Waals surface area contributed by atoms with E-state index in [0.29, 0.717) is 16.3 Å². The van der Waals surface area contributed by atoms with Gasteiger partial charge in [0.05, 0.1) is 16.3 Å². The van der Waals surface area contributed by atoms with Gasteiger partial charge in [0.1, 0.15) is 0 Å². The molecule has 172 valence electrons. The highest BCUT2D eigenvalue weighted by Gasteiger charge is 2.34. The summed E-state index contributed by atoms with van der Waals surface area (Å²) in [4.78, 5) is 30.0. The second kappa shape index (κ2) is 10.1. The van der Waals surface area contributed by atoms with Crippen LogP contribution in [0.5, 0.6) is 5.06 Å². The van der Waals surface area contributed by atoms with Crippen molar-refractivity contribution in [1.29, 1.82) is 0 Å². The van der Waals surface area contributed by atoms with Crippen molar-refractivity contribution in [3.05, 3.63) is 70.2 Å². The molecule has 1 fully saturated rings. The molecule has 1 aromatic heterocycles. The minimum Gasteiger partial charge on any atom is -0.449 e. The van der Waals surface area contributed by atoms with Gasteiger partial charge < -0.3 is 19.6 Å². The predicted octanol–water partition coefficient (Wildman–Crippen LogP) is 6.52. The zero-order valence-corrected chi connectivity index (χ0v) is 20.2. The van der Waals surface area contributed by atoms with Gasteiger partial charge in [-0.3, -0.25) is 4.79 Å². The fourth-order valence-electron chi connectivity index (χ4n) is 3.95. The SMILES string of the molecule is CN1CCC(N(C(=O)c2ccc(Cl)cc2Cl)c2cc(-c3ccccc3)sc2OC(=O)O)CC1. The van der Waals surface area contributed by atoms with Crippen LogP contribution in [-0.4, -0.2) is 48.2 Å². The van der Waals surface area contributed by atoms with Crippen LogP contribution in [0.15, 0.2) is 54.6 Å². The molecule has 0 saturated carbocycles. The number of nitrogens with zero attached hydrogens (tertiary/aromatic N) is 2. The van der Waals surface area contributed by atoms with E-state index in [1.54, 1.807) is 17.0 Å². The maximum Gasteiger partial charge on any atom is 0.512 e. The molecule has 6 nitrogen and oxygen atoms in total. The Balaban J connectivity index is 1.83. The molecule has 2 aromatic carbocycles. The molecule has 0 bridgehead atoms. The Morgan fingerprint density at radius 1 is 1.09 bits per heavy atom. The Kier molecular flexibility index (Phi) is 7.24. The number of benzene rings is 2. The van der Waals surface area contributed by atoms with Gasteiger partial charge in [0.2, 0.25) is 5.06 Å². The monoisotopic (exact) mass is 504 g/mol. The lowest BCUT2D eigenvalue weighted by Gasteiger charge is -2.37. The third kappa shape index (κ3) is 5.33. The van der Waals surface area contributed by atoms with Gasteiger partial charge in [-0.25, -0.2) is 4.79 Å². The van der Waals surface area contributed by atoms with Crippen LogP contribution >= 0.6 is 34.5 Å². The second-order valence-corrected chi connectivity index (χ2v) is 9.71. The Morgan fingerprint density at radius 2 is 1.79 bits per heavy atom. The van der Waals surface area contributed by atoms with Gasteiger partial charge in [-0.05, 0) is 62.8 Å². The molecule has 33 heavy (non-hydrogen) atoms. The van der Waals surface area contributed by atoms with E-state index >= 15 is 0 Å². The number of anilines is 1. The summed E-state index contributed by atoms with van der Waals surface area (Å²) in [5, 5.41) is 10.2. The molecule has 1 aliphatic rings. The topological polar surface area (TPSA) is 70.1 Å². The molecule has 9 heteroatoms. The van der Waals surface area contributed by atoms with Gasteiger partial charge >= 0.3 is 6.16 Å². The van der Waals surface area contributed by atoms with Crippen LogP contribution in [0.3, 0.4) is 0 Å². The zero-order valence-electron chi connectivity index (χ0n) is 17.8. The standard InChI is InChI=1S/C24H22Cl2N2O4S/c1-27-11-9-17(10-12-27)28(22(29)18-8-7-16(25)13-19(18)26)20-14-21(15-5-3-2-4-6-15)33-23(20)32-24(30)31/h2-8,13-14,17H,9-12H2,1H3,(H,30,31). The average molecular weight is 505 g/mol. The highest BCUT2D eigenvalue weighted by Crippen LogP contribution is 2.45. The maximum absolute atomic E-state index is 13.8. The highest BCUT2D eigenvalue weighted by molar-refractivity contribution is 7.18. The van der Waals surface area contributed by atoms with Gasteiger partial charge in [-0.1, -0.05) is 64.9 Å². The van der Waals surface area contributed by atoms with Gasteiger partial charge in [0, 0.05) is 15.9 Å². The summed E-state index contributed by atoms with van der Waals surface area (Å²) in [7, 11) is 2.04. The van der Waals surface area contributed by atoms with E-state index in [-0.39, 0.29) is 22.0 Å². The zero-order chi connectivity index (χ0) is 23.5. The van der Waals surface area contributed by atoms with Crippen molar-refractivity contribution in [2.45, 2.75) is 18.9 Å². The summed E-state index contributed by atoms with van der Waals surface area (Å²) in [6.45, 7) is 1.63. The van der Waals surface area contributed by atoms with Crippen molar-refractivity contribution < 1.29 is 19.4 Å². The van der Waals surface area contributed by atoms with Crippen molar-refractivity contribution >= 4 is 52.3 Å². The van der Waals surface area contributed by atoms with Crippen LogP contribution in [0.1, 0.15) is 23.2 Å². The summed E-state index contributed by atoms with van der Waals surface area (Å²) < 4.78 is 5.15. The van der Waals surface area contributed by atoms with Crippen LogP contribution in [0, 0.1) is 0 Å². The van der Waals surface area contributed by atoms with Crippen molar-refractivity contribution in [1.82, 2.24) is 4.90 Å². The fraction of sp³-hybridized carbons (Fsp3) is 0.250. The summed E-state index contributed by atoms with van der Waals surface area (Å²) >= 11 is 13.6. The van der Waals surface area contributed by atoms with E-state index in [0.717, 1.165) is 36.4 Å². The first-order valence-electron chi connectivity index (χ1n) is 10.4. The van der Waals surface area contributed by atoms with Crippen LogP contribution < -0.4 is 9.64 Å². The molecule has 3 aromatic rings. The number of ether oxygens (including phenoxy) is 1. The number of carbonyl (C=O) groups is 2. The molecule has 2 heterocycles. The summed E-state index contributed by atoms with van der Waals surface area (Å²) in [5.41, 5.74) is 1.63. The normalized spacial score (nSPS) is 14.8. The lowest BCUT2D eigenvalue weighted by Crippen LogP contribution is -2.47. The van der Waals surface area contributed by atoms with Crippen molar-refractivity contribution in [3.63, 3.8) is 0 Å². The van der Waals surface area contributed by atoms with E-state index in [9.17, 15) is 14.7 Å². The van der Waals surface area contributed by atoms with Gasteiger partial charge in [-0.15, -0.1) is 0 Å². The van der Waals surface area contributed by atoms with Crippen LogP contribution in [-0.2, 0) is 0 Å². The lowest BCUT2D eigenvalue weighted by atomic mass is 10.0. The molecule has 0 radical (unpaired) electrons. The second-order valence-electron chi connectivity index (χ2n) is 7.85. The van der Waals surface area contributed by atoms with E-state index in [1.807, 2.05) is 43.4 Å². The minimum atomic E-state index is -1.43. The summed E-state index contributed by atoms with van der Waals surface area (Å²) in [6.07, 6.45) is 0.0328. The van der Waals surface area contributed by atoms with Gasteiger partial charge in [0.15, 0.2) is 0 Å². The maximum atomic E-state index is 13.8. The van der Waals surface area contributed by atoms with E-state index in [4.69, 9.17) is 27.9 Å². The number of hydrogen-bond acceptors (Lipinski definition) is 5. The summed E-state index contributed by atoms with van der Waals surface area (Å²) in [6, 6.07) is 16.0. The molecule has 1 amide bonds.